The van der Waals surface area contributed by atoms with E-state index in [1.165, 1.54) is 24.3 Å². The number of carboxylic acids is 2. The van der Waals surface area contributed by atoms with Crippen LogP contribution in [0.3, 0.4) is 0 Å². The first-order valence-electron chi connectivity index (χ1n) is 4.62. The van der Waals surface area contributed by atoms with Gasteiger partial charge in [-0.05, 0) is 17.7 Å². The van der Waals surface area contributed by atoms with E-state index in [-0.39, 0.29) is 16.5 Å². The molecule has 1 aromatic carbocycles. The summed E-state index contributed by atoms with van der Waals surface area (Å²) in [5, 5.41) is 36.2. The van der Waals surface area contributed by atoms with Crippen LogP contribution < -0.4 is 5.23 Å². The van der Waals surface area contributed by atoms with E-state index in [2.05, 4.69) is 0 Å². The molecule has 0 aromatic heterocycles. The smallest absolute Gasteiger partial charge is 0.311 e. The summed E-state index contributed by atoms with van der Waals surface area (Å²) < 4.78 is 0. The van der Waals surface area contributed by atoms with E-state index in [1.807, 2.05) is 0 Å². The molecule has 7 nitrogen and oxygen atoms in total. The lowest BCUT2D eigenvalue weighted by atomic mass is 9.96. The van der Waals surface area contributed by atoms with Crippen molar-refractivity contribution < 1.29 is 25.0 Å². The lowest BCUT2D eigenvalue weighted by Crippen LogP contribution is -2.16. The van der Waals surface area contributed by atoms with Gasteiger partial charge in [0.25, 0.3) is 0 Å². The minimum absolute atomic E-state index is 0.0618. The van der Waals surface area contributed by atoms with Crippen molar-refractivity contribution in [1.29, 1.82) is 0 Å². The van der Waals surface area contributed by atoms with Crippen molar-refractivity contribution in [2.24, 2.45) is 0 Å². The lowest BCUT2D eigenvalue weighted by Gasteiger charge is -2.22. The normalized spacial score (nSPS) is 11.9. The van der Waals surface area contributed by atoms with Crippen LogP contribution >= 0.6 is 0 Å². The summed E-state index contributed by atoms with van der Waals surface area (Å²) in [6.07, 6.45) is -0.547. The van der Waals surface area contributed by atoms with Gasteiger partial charge in [0.05, 0.1) is 18.0 Å². The number of nitrogens with zero attached hydrogens (tertiary/aromatic N) is 1. The van der Waals surface area contributed by atoms with Crippen molar-refractivity contribution in [3.05, 3.63) is 35.0 Å². The zero-order valence-electron chi connectivity index (χ0n) is 8.61. The average molecular weight is 240 g/mol. The maximum absolute atomic E-state index is 10.9. The molecule has 7 heteroatoms. The van der Waals surface area contributed by atoms with Crippen molar-refractivity contribution in [2.75, 3.05) is 5.23 Å². The third-order valence-electron chi connectivity index (χ3n) is 2.19. The van der Waals surface area contributed by atoms with Gasteiger partial charge in [-0.2, -0.15) is 0 Å². The van der Waals surface area contributed by atoms with E-state index in [4.69, 9.17) is 15.4 Å². The standard InChI is InChI=1S/C10H10NO6/c12-9(13)5-8(10(14)15)6-1-3-7(4-2-6)11(16)17/h1-4,8,16H,5H2,(H,12,13)(H,14,15)/q-1. The predicted molar refractivity (Wildman–Crippen MR) is 56.7 cm³/mol. The molecule has 1 unspecified atom stereocenters. The Morgan fingerprint density at radius 3 is 2.12 bits per heavy atom. The van der Waals surface area contributed by atoms with E-state index in [9.17, 15) is 14.8 Å². The molecule has 17 heavy (non-hydrogen) atoms. The van der Waals surface area contributed by atoms with Crippen molar-refractivity contribution in [1.82, 2.24) is 0 Å². The van der Waals surface area contributed by atoms with Gasteiger partial charge in [-0.1, -0.05) is 12.1 Å². The van der Waals surface area contributed by atoms with Gasteiger partial charge in [-0.25, -0.2) is 0 Å². The molecular weight excluding hydrogens is 230 g/mol. The molecule has 3 N–H and O–H groups in total. The summed E-state index contributed by atoms with van der Waals surface area (Å²) >= 11 is 0. The van der Waals surface area contributed by atoms with Crippen LogP contribution in [0.25, 0.3) is 0 Å². The first kappa shape index (κ1) is 12.9. The quantitative estimate of drug-likeness (QED) is 0.657. The molecule has 0 aliphatic heterocycles. The summed E-state index contributed by atoms with van der Waals surface area (Å²) in [6, 6.07) is 5.00. The van der Waals surface area contributed by atoms with E-state index < -0.39 is 24.3 Å². The largest absolute Gasteiger partial charge is 0.733 e. The van der Waals surface area contributed by atoms with Gasteiger partial charge >= 0.3 is 11.9 Å². The Bertz CT molecular complexity index is 413. The van der Waals surface area contributed by atoms with Gasteiger partial charge in [0.15, 0.2) is 0 Å². The fraction of sp³-hybridized carbons (Fsp3) is 0.200. The van der Waals surface area contributed by atoms with Crippen LogP contribution in [0.15, 0.2) is 24.3 Å². The van der Waals surface area contributed by atoms with Crippen molar-refractivity contribution in [3.8, 4) is 0 Å². The Labute approximate surface area is 96.1 Å². The number of hydrogen-bond donors (Lipinski definition) is 3. The number of benzene rings is 1. The zero-order chi connectivity index (χ0) is 13.0. The molecule has 0 radical (unpaired) electrons. The minimum atomic E-state index is -1.26. The average Bonchev–Trinajstić information content (AvgIpc) is 2.25. The number of rotatable bonds is 5. The molecule has 0 aliphatic carbocycles. The first-order valence-corrected chi connectivity index (χ1v) is 4.62. The van der Waals surface area contributed by atoms with Gasteiger partial charge in [0.2, 0.25) is 0 Å². The first-order chi connectivity index (χ1) is 7.91. The molecule has 0 heterocycles. The second-order valence-electron chi connectivity index (χ2n) is 3.35. The van der Waals surface area contributed by atoms with Gasteiger partial charge in [0, 0.05) is 0 Å². The third-order valence-corrected chi connectivity index (χ3v) is 2.19. The van der Waals surface area contributed by atoms with Gasteiger partial charge < -0.3 is 20.6 Å². The van der Waals surface area contributed by atoms with Gasteiger partial charge in [0.1, 0.15) is 0 Å². The lowest BCUT2D eigenvalue weighted by molar-refractivity contribution is -0.145. The Hall–Kier alpha value is -2.12. The van der Waals surface area contributed by atoms with Crippen LogP contribution in [-0.4, -0.2) is 27.4 Å². The van der Waals surface area contributed by atoms with Crippen LogP contribution in [0.1, 0.15) is 17.9 Å². The van der Waals surface area contributed by atoms with Crippen molar-refractivity contribution >= 4 is 17.6 Å². The van der Waals surface area contributed by atoms with Crippen LogP contribution in [0.4, 0.5) is 5.69 Å². The molecule has 0 fully saturated rings. The zero-order valence-corrected chi connectivity index (χ0v) is 8.61. The maximum Gasteiger partial charge on any atom is 0.311 e. The minimum Gasteiger partial charge on any atom is -0.733 e. The van der Waals surface area contributed by atoms with Crippen LogP contribution in [0.2, 0.25) is 0 Å². The Morgan fingerprint density at radius 1 is 1.24 bits per heavy atom. The summed E-state index contributed by atoms with van der Waals surface area (Å²) in [5.74, 6) is -3.67. The topological polar surface area (TPSA) is 121 Å². The van der Waals surface area contributed by atoms with E-state index in [1.54, 1.807) is 0 Å². The summed E-state index contributed by atoms with van der Waals surface area (Å²) in [6.45, 7) is 0. The second kappa shape index (κ2) is 5.28. The van der Waals surface area contributed by atoms with Crippen LogP contribution in [0.5, 0.6) is 0 Å². The summed E-state index contributed by atoms with van der Waals surface area (Å²) in [4.78, 5) is 21.4. The second-order valence-corrected chi connectivity index (χ2v) is 3.35. The Kier molecular flexibility index (Phi) is 4.02. The van der Waals surface area contributed by atoms with Crippen LogP contribution in [0, 0.1) is 5.21 Å². The molecular formula is C10H10NO6-. The number of anilines is 1. The fourth-order valence-electron chi connectivity index (χ4n) is 1.36. The fourth-order valence-corrected chi connectivity index (χ4v) is 1.36. The third kappa shape index (κ3) is 3.44. The number of aliphatic carboxylic acids is 2. The molecule has 0 spiro atoms. The number of hydrogen-bond acceptors (Lipinski definition) is 5. The van der Waals surface area contributed by atoms with E-state index in [0.29, 0.717) is 0 Å². The van der Waals surface area contributed by atoms with E-state index >= 15 is 0 Å². The maximum atomic E-state index is 10.9. The van der Waals surface area contributed by atoms with Crippen molar-refractivity contribution in [2.45, 2.75) is 12.3 Å². The SMILES string of the molecule is O=C(O)CC(C(=O)O)c1ccc(N([O-])O)cc1. The molecule has 1 rings (SSSR count). The molecule has 0 saturated carbocycles. The van der Waals surface area contributed by atoms with Gasteiger partial charge in [-0.3, -0.25) is 14.8 Å². The highest BCUT2D eigenvalue weighted by Crippen LogP contribution is 2.22. The molecule has 0 aliphatic rings. The highest BCUT2D eigenvalue weighted by molar-refractivity contribution is 5.82. The summed E-state index contributed by atoms with van der Waals surface area (Å²) in [5.41, 5.74) is 0.193. The number of carboxylic acid groups (broad SMARTS) is 2. The molecule has 1 aromatic rings. The molecule has 0 amide bonds. The predicted octanol–water partition coefficient (Wildman–Crippen LogP) is 1.02. The molecule has 1 atom stereocenters. The van der Waals surface area contributed by atoms with Crippen LogP contribution in [-0.2, 0) is 9.59 Å². The Morgan fingerprint density at radius 2 is 1.76 bits per heavy atom. The Balaban J connectivity index is 2.95. The summed E-state index contributed by atoms with van der Waals surface area (Å²) in [7, 11) is 0. The number of carbonyl (C=O) groups is 2. The monoisotopic (exact) mass is 240 g/mol. The highest BCUT2D eigenvalue weighted by Gasteiger charge is 2.22. The molecule has 0 saturated heterocycles. The highest BCUT2D eigenvalue weighted by atomic mass is 16.8. The van der Waals surface area contributed by atoms with Crippen molar-refractivity contribution in [3.63, 3.8) is 0 Å². The molecule has 0 bridgehead atoms. The molecule has 92 valence electrons. The van der Waals surface area contributed by atoms with E-state index in [0.717, 1.165) is 0 Å². The van der Waals surface area contributed by atoms with Gasteiger partial charge in [-0.15, -0.1) is 0 Å².